The second kappa shape index (κ2) is 7.00. The lowest BCUT2D eigenvalue weighted by Gasteiger charge is -2.17. The molecule has 1 fully saturated rings. The molecule has 5 heteroatoms. The zero-order chi connectivity index (χ0) is 18.9. The number of aromatic amines is 1. The second-order valence-corrected chi connectivity index (χ2v) is 7.35. The molecule has 2 N–H and O–H groups in total. The average molecular weight is 369 g/mol. The molecular weight excluding hydrogens is 346 g/mol. The van der Waals surface area contributed by atoms with E-state index in [9.17, 15) is 0 Å². The Morgan fingerprint density at radius 2 is 1.61 bits per heavy atom. The Morgan fingerprint density at radius 1 is 0.893 bits per heavy atom. The zero-order valence-electron chi connectivity index (χ0n) is 15.9. The summed E-state index contributed by atoms with van der Waals surface area (Å²) in [6.07, 6.45) is 2.41. The Bertz CT molecular complexity index is 1090. The van der Waals surface area contributed by atoms with Crippen LogP contribution in [0.1, 0.15) is 18.5 Å². The van der Waals surface area contributed by atoms with Crippen molar-refractivity contribution in [2.75, 3.05) is 23.3 Å². The molecule has 140 valence electrons. The first-order valence-corrected chi connectivity index (χ1v) is 9.81. The summed E-state index contributed by atoms with van der Waals surface area (Å²) in [5.74, 6) is 1.65. The molecule has 0 spiro atoms. The van der Waals surface area contributed by atoms with Crippen LogP contribution in [0.2, 0.25) is 0 Å². The van der Waals surface area contributed by atoms with Gasteiger partial charge >= 0.3 is 0 Å². The third-order valence-corrected chi connectivity index (χ3v) is 5.25. The van der Waals surface area contributed by atoms with Gasteiger partial charge < -0.3 is 15.2 Å². The minimum Gasteiger partial charge on any atom is -0.343 e. The van der Waals surface area contributed by atoms with Crippen molar-refractivity contribution >= 4 is 28.5 Å². The summed E-state index contributed by atoms with van der Waals surface area (Å²) < 4.78 is 0. The molecule has 5 rings (SSSR count). The molecule has 0 bridgehead atoms. The van der Waals surface area contributed by atoms with Crippen LogP contribution in [0.15, 0.2) is 60.7 Å². The van der Waals surface area contributed by atoms with Gasteiger partial charge in [0.05, 0.1) is 5.39 Å². The Morgan fingerprint density at radius 3 is 2.36 bits per heavy atom. The van der Waals surface area contributed by atoms with Crippen molar-refractivity contribution in [1.82, 2.24) is 15.0 Å². The molecule has 2 aromatic carbocycles. The Balaban J connectivity index is 1.48. The molecule has 1 aliphatic heterocycles. The number of aromatic nitrogens is 3. The van der Waals surface area contributed by atoms with Crippen LogP contribution in [0.5, 0.6) is 0 Å². The van der Waals surface area contributed by atoms with Crippen molar-refractivity contribution in [2.45, 2.75) is 19.8 Å². The number of anilines is 3. The quantitative estimate of drug-likeness (QED) is 0.514. The van der Waals surface area contributed by atoms with Crippen LogP contribution in [-0.2, 0) is 0 Å². The lowest BCUT2D eigenvalue weighted by Crippen LogP contribution is -2.20. The highest BCUT2D eigenvalue weighted by Crippen LogP contribution is 2.29. The van der Waals surface area contributed by atoms with Crippen LogP contribution in [0, 0.1) is 6.92 Å². The van der Waals surface area contributed by atoms with Gasteiger partial charge in [0, 0.05) is 24.5 Å². The van der Waals surface area contributed by atoms with Gasteiger partial charge in [0.1, 0.15) is 11.5 Å². The van der Waals surface area contributed by atoms with Crippen molar-refractivity contribution < 1.29 is 0 Å². The third kappa shape index (κ3) is 3.20. The number of benzene rings is 2. The van der Waals surface area contributed by atoms with Gasteiger partial charge in [0.2, 0.25) is 5.95 Å². The number of H-pyrrole nitrogens is 1. The molecule has 1 saturated heterocycles. The average Bonchev–Trinajstić information content (AvgIpc) is 3.38. The molecule has 0 atom stereocenters. The molecule has 0 radical (unpaired) electrons. The number of hydrogen-bond donors (Lipinski definition) is 2. The third-order valence-electron chi connectivity index (χ3n) is 5.25. The molecular formula is C23H23N5. The predicted molar refractivity (Wildman–Crippen MR) is 115 cm³/mol. The fourth-order valence-electron chi connectivity index (χ4n) is 3.80. The molecule has 5 nitrogen and oxygen atoms in total. The van der Waals surface area contributed by atoms with Crippen molar-refractivity contribution in [3.63, 3.8) is 0 Å². The number of nitrogens with one attached hydrogen (secondary N) is 2. The van der Waals surface area contributed by atoms with E-state index in [0.717, 1.165) is 47.3 Å². The van der Waals surface area contributed by atoms with Crippen molar-refractivity contribution in [3.05, 3.63) is 66.4 Å². The van der Waals surface area contributed by atoms with Crippen molar-refractivity contribution in [2.24, 2.45) is 0 Å². The predicted octanol–water partition coefficient (Wildman–Crippen LogP) is 5.28. The Hall–Kier alpha value is -3.34. The number of aryl methyl sites for hydroxylation is 1. The summed E-state index contributed by atoms with van der Waals surface area (Å²) in [6, 6.07) is 21.0. The minimum atomic E-state index is 0.801. The lowest BCUT2D eigenvalue weighted by atomic mass is 10.1. The molecule has 0 amide bonds. The Labute approximate surface area is 164 Å². The van der Waals surface area contributed by atoms with E-state index in [4.69, 9.17) is 9.97 Å². The van der Waals surface area contributed by atoms with Gasteiger partial charge in [-0.3, -0.25) is 0 Å². The monoisotopic (exact) mass is 369 g/mol. The molecule has 0 unspecified atom stereocenters. The van der Waals surface area contributed by atoms with Crippen molar-refractivity contribution in [1.29, 1.82) is 0 Å². The number of hydrogen-bond acceptors (Lipinski definition) is 4. The van der Waals surface area contributed by atoms with Gasteiger partial charge in [-0.1, -0.05) is 42.5 Å². The fourth-order valence-corrected chi connectivity index (χ4v) is 3.80. The van der Waals surface area contributed by atoms with Crippen LogP contribution in [0.4, 0.5) is 17.5 Å². The van der Waals surface area contributed by atoms with Gasteiger partial charge in [-0.2, -0.15) is 9.97 Å². The highest BCUT2D eigenvalue weighted by atomic mass is 15.3. The van der Waals surface area contributed by atoms with Gasteiger partial charge in [-0.15, -0.1) is 0 Å². The van der Waals surface area contributed by atoms with Crippen LogP contribution < -0.4 is 10.2 Å². The smallest absolute Gasteiger partial charge is 0.229 e. The summed E-state index contributed by atoms with van der Waals surface area (Å²) >= 11 is 0. The maximum atomic E-state index is 4.86. The van der Waals surface area contributed by atoms with E-state index in [1.807, 2.05) is 6.07 Å². The van der Waals surface area contributed by atoms with E-state index in [1.54, 1.807) is 0 Å². The number of rotatable bonds is 4. The second-order valence-electron chi connectivity index (χ2n) is 7.35. The zero-order valence-corrected chi connectivity index (χ0v) is 15.9. The number of nitrogens with zero attached hydrogens (tertiary/aromatic N) is 3. The minimum absolute atomic E-state index is 0.801. The normalized spacial score (nSPS) is 14.0. The summed E-state index contributed by atoms with van der Waals surface area (Å²) in [7, 11) is 0. The van der Waals surface area contributed by atoms with Gasteiger partial charge in [-0.05, 0) is 49.1 Å². The fraction of sp³-hybridized carbons (Fsp3) is 0.217. The van der Waals surface area contributed by atoms with E-state index in [2.05, 4.69) is 76.7 Å². The molecule has 4 aromatic rings. The maximum absolute atomic E-state index is 4.86. The summed E-state index contributed by atoms with van der Waals surface area (Å²) in [5.41, 5.74) is 5.42. The van der Waals surface area contributed by atoms with E-state index >= 15 is 0 Å². The maximum Gasteiger partial charge on any atom is 0.229 e. The molecule has 2 aromatic heterocycles. The largest absolute Gasteiger partial charge is 0.343 e. The number of fused-ring (bicyclic) bond motifs is 1. The topological polar surface area (TPSA) is 56.8 Å². The first-order valence-electron chi connectivity index (χ1n) is 9.81. The van der Waals surface area contributed by atoms with Crippen LogP contribution in [0.25, 0.3) is 22.2 Å². The van der Waals surface area contributed by atoms with Crippen LogP contribution in [0.3, 0.4) is 0 Å². The van der Waals surface area contributed by atoms with E-state index in [1.165, 1.54) is 24.0 Å². The molecule has 0 saturated carbocycles. The molecule has 3 heterocycles. The standard InChI is InChI=1S/C23H23N5/c1-16-15-20-21(24-16)26-23(28-13-5-6-14-28)27-22(20)25-19-11-9-18(10-12-19)17-7-3-2-4-8-17/h2-4,7-12,15H,5-6,13-14H2,1H3,(H2,24,25,26,27). The Kier molecular flexibility index (Phi) is 4.20. The van der Waals surface area contributed by atoms with Gasteiger partial charge in [0.15, 0.2) is 0 Å². The summed E-state index contributed by atoms with van der Waals surface area (Å²) in [4.78, 5) is 15.2. The summed E-state index contributed by atoms with van der Waals surface area (Å²) in [6.45, 7) is 4.10. The van der Waals surface area contributed by atoms with Crippen molar-refractivity contribution in [3.8, 4) is 11.1 Å². The highest BCUT2D eigenvalue weighted by Gasteiger charge is 2.18. The first-order chi connectivity index (χ1) is 13.8. The van der Waals surface area contributed by atoms with E-state index in [0.29, 0.717) is 0 Å². The van der Waals surface area contributed by atoms with E-state index in [-0.39, 0.29) is 0 Å². The van der Waals surface area contributed by atoms with Crippen LogP contribution >= 0.6 is 0 Å². The molecule has 0 aliphatic carbocycles. The first kappa shape index (κ1) is 16.8. The lowest BCUT2D eigenvalue weighted by molar-refractivity contribution is 0.907. The van der Waals surface area contributed by atoms with Crippen LogP contribution in [-0.4, -0.2) is 28.0 Å². The van der Waals surface area contributed by atoms with Gasteiger partial charge in [-0.25, -0.2) is 0 Å². The molecule has 1 aliphatic rings. The summed E-state index contributed by atoms with van der Waals surface area (Å²) in [5, 5.41) is 4.53. The SMILES string of the molecule is Cc1cc2c(Nc3ccc(-c4ccccc4)cc3)nc(N3CCCC3)nc2[nH]1. The molecule has 28 heavy (non-hydrogen) atoms. The van der Waals surface area contributed by atoms with Gasteiger partial charge in [0.25, 0.3) is 0 Å². The van der Waals surface area contributed by atoms with E-state index < -0.39 is 0 Å². The highest BCUT2D eigenvalue weighted by molar-refractivity contribution is 5.91.